The summed E-state index contributed by atoms with van der Waals surface area (Å²) in [6, 6.07) is 5.89. The summed E-state index contributed by atoms with van der Waals surface area (Å²) in [4.78, 5) is 26.9. The number of nitrogens with one attached hydrogen (secondary N) is 1. The van der Waals surface area contributed by atoms with Gasteiger partial charge in [-0.2, -0.15) is 0 Å². The van der Waals surface area contributed by atoms with Gasteiger partial charge in [-0.3, -0.25) is 9.78 Å². The Morgan fingerprint density at radius 2 is 2.09 bits per heavy atom. The van der Waals surface area contributed by atoms with Crippen molar-refractivity contribution in [1.29, 1.82) is 0 Å². The summed E-state index contributed by atoms with van der Waals surface area (Å²) in [5.41, 5.74) is 1.92. The number of aryl methyl sites for hydroxylation is 1. The second kappa shape index (κ2) is 6.73. The van der Waals surface area contributed by atoms with E-state index in [0.29, 0.717) is 12.2 Å². The smallest absolute Gasteiger partial charge is 0.224 e. The molecule has 1 fully saturated rings. The maximum Gasteiger partial charge on any atom is 0.224 e. The molecule has 1 aliphatic heterocycles. The first-order chi connectivity index (χ1) is 11.2. The van der Waals surface area contributed by atoms with Gasteiger partial charge in [-0.05, 0) is 25.0 Å². The van der Waals surface area contributed by atoms with Crippen LogP contribution in [-0.4, -0.2) is 45.4 Å². The van der Waals surface area contributed by atoms with E-state index in [1.165, 1.54) is 0 Å². The zero-order valence-corrected chi connectivity index (χ0v) is 13.5. The van der Waals surface area contributed by atoms with Gasteiger partial charge in [0.1, 0.15) is 5.82 Å². The van der Waals surface area contributed by atoms with Gasteiger partial charge in [-0.1, -0.05) is 6.92 Å². The maximum absolute atomic E-state index is 11.9. The number of amides is 1. The molecule has 6 nitrogen and oxygen atoms in total. The number of rotatable bonds is 4. The lowest BCUT2D eigenvalue weighted by molar-refractivity contribution is -0.132. The number of carbonyl (C=O) groups excluding carboxylic acids is 1. The molecular weight excluding hydrogens is 290 g/mol. The molecule has 1 saturated heterocycles. The van der Waals surface area contributed by atoms with Crippen LogP contribution in [0.3, 0.4) is 0 Å². The van der Waals surface area contributed by atoms with E-state index in [9.17, 15) is 4.79 Å². The lowest BCUT2D eigenvalue weighted by Crippen LogP contribution is -2.41. The van der Waals surface area contributed by atoms with Crippen molar-refractivity contribution >= 4 is 11.7 Å². The summed E-state index contributed by atoms with van der Waals surface area (Å²) in [5, 5.41) is 3.40. The van der Waals surface area contributed by atoms with E-state index in [0.717, 1.165) is 36.5 Å². The maximum atomic E-state index is 11.9. The third-order valence-electron chi connectivity index (χ3n) is 4.09. The fourth-order valence-electron chi connectivity index (χ4n) is 2.66. The van der Waals surface area contributed by atoms with Crippen molar-refractivity contribution in [1.82, 2.24) is 19.9 Å². The number of carbonyl (C=O) groups is 1. The number of pyridine rings is 1. The third-order valence-corrected chi connectivity index (χ3v) is 4.09. The normalized spacial score (nSPS) is 18.1. The molecule has 0 aliphatic carbocycles. The van der Waals surface area contributed by atoms with Crippen molar-refractivity contribution in [2.24, 2.45) is 0 Å². The number of likely N-dealkylation sites (tertiary alicyclic amines) is 1. The predicted molar refractivity (Wildman–Crippen MR) is 88.9 cm³/mol. The predicted octanol–water partition coefficient (Wildman–Crippen LogP) is 2.13. The molecule has 1 aliphatic rings. The van der Waals surface area contributed by atoms with E-state index in [1.807, 2.05) is 25.2 Å². The average Bonchev–Trinajstić information content (AvgIpc) is 2.58. The topological polar surface area (TPSA) is 71.0 Å². The van der Waals surface area contributed by atoms with Gasteiger partial charge < -0.3 is 10.2 Å². The Hall–Kier alpha value is -2.50. The summed E-state index contributed by atoms with van der Waals surface area (Å²) in [6.07, 6.45) is 5.74. The molecule has 0 spiro atoms. The average molecular weight is 311 g/mol. The molecule has 1 N–H and O–H groups in total. The molecule has 0 aromatic carbocycles. The molecular formula is C17H21N5O. The summed E-state index contributed by atoms with van der Waals surface area (Å²) in [6.45, 7) is 2.85. The molecule has 0 bridgehead atoms. The first-order valence-corrected chi connectivity index (χ1v) is 7.94. The summed E-state index contributed by atoms with van der Waals surface area (Å²) < 4.78 is 0. The minimum absolute atomic E-state index is 0.128. The van der Waals surface area contributed by atoms with E-state index < -0.39 is 0 Å². The van der Waals surface area contributed by atoms with Crippen LogP contribution in [0.15, 0.2) is 30.6 Å². The van der Waals surface area contributed by atoms with Gasteiger partial charge >= 0.3 is 0 Å². The van der Waals surface area contributed by atoms with Crippen LogP contribution in [0.5, 0.6) is 0 Å². The van der Waals surface area contributed by atoms with Crippen LogP contribution in [0.1, 0.15) is 25.5 Å². The summed E-state index contributed by atoms with van der Waals surface area (Å²) >= 11 is 0. The Labute approximate surface area is 136 Å². The highest BCUT2D eigenvalue weighted by Gasteiger charge is 2.23. The number of aromatic nitrogens is 3. The Kier molecular flexibility index (Phi) is 4.50. The van der Waals surface area contributed by atoms with Crippen LogP contribution >= 0.6 is 0 Å². The first-order valence-electron chi connectivity index (χ1n) is 7.94. The molecule has 120 valence electrons. The van der Waals surface area contributed by atoms with Crippen molar-refractivity contribution in [3.8, 4) is 11.4 Å². The molecule has 2 aromatic heterocycles. The summed E-state index contributed by atoms with van der Waals surface area (Å²) in [7, 11) is 1.85. The van der Waals surface area contributed by atoms with Crippen LogP contribution in [-0.2, 0) is 11.2 Å². The highest BCUT2D eigenvalue weighted by atomic mass is 16.2. The van der Waals surface area contributed by atoms with E-state index >= 15 is 0 Å². The van der Waals surface area contributed by atoms with Gasteiger partial charge in [0.05, 0.1) is 0 Å². The first kappa shape index (κ1) is 15.4. The van der Waals surface area contributed by atoms with E-state index in [1.54, 1.807) is 17.3 Å². The van der Waals surface area contributed by atoms with Crippen LogP contribution in [0, 0.1) is 0 Å². The van der Waals surface area contributed by atoms with E-state index in [-0.39, 0.29) is 11.9 Å². The minimum atomic E-state index is 0.128. The van der Waals surface area contributed by atoms with Gasteiger partial charge in [0, 0.05) is 55.8 Å². The largest absolute Gasteiger partial charge is 0.367 e. The number of hydrogen-bond acceptors (Lipinski definition) is 5. The molecule has 6 heteroatoms. The van der Waals surface area contributed by atoms with Crippen molar-refractivity contribution in [2.45, 2.75) is 32.2 Å². The highest BCUT2D eigenvalue weighted by molar-refractivity contribution is 5.77. The lowest BCUT2D eigenvalue weighted by atomic mass is 10.0. The zero-order chi connectivity index (χ0) is 16.2. The second-order valence-corrected chi connectivity index (χ2v) is 5.81. The molecule has 1 atom stereocenters. The van der Waals surface area contributed by atoms with Gasteiger partial charge in [-0.25, -0.2) is 9.97 Å². The number of hydrogen-bond donors (Lipinski definition) is 1. The standard InChI is InChI=1S/C17H21N5O/c1-3-13-10-15(19-14-6-9-22(2)16(23)11-14)21-17(20-13)12-4-7-18-8-5-12/h4-5,7-8,10,14H,3,6,9,11H2,1-2H3,(H,19,20,21). The van der Waals surface area contributed by atoms with E-state index in [2.05, 4.69) is 27.2 Å². The molecule has 1 amide bonds. The highest BCUT2D eigenvalue weighted by Crippen LogP contribution is 2.20. The number of anilines is 1. The fraction of sp³-hybridized carbons (Fsp3) is 0.412. The van der Waals surface area contributed by atoms with Crippen LogP contribution in [0.4, 0.5) is 5.82 Å². The lowest BCUT2D eigenvalue weighted by Gasteiger charge is -2.29. The fourth-order valence-corrected chi connectivity index (χ4v) is 2.66. The number of nitrogens with zero attached hydrogens (tertiary/aromatic N) is 4. The molecule has 0 saturated carbocycles. The van der Waals surface area contributed by atoms with Gasteiger partial charge in [0.15, 0.2) is 5.82 Å². The molecule has 3 heterocycles. The van der Waals surface area contributed by atoms with Crippen LogP contribution in [0.25, 0.3) is 11.4 Å². The molecule has 2 aromatic rings. The van der Waals surface area contributed by atoms with Crippen LogP contribution in [0.2, 0.25) is 0 Å². The second-order valence-electron chi connectivity index (χ2n) is 5.81. The Morgan fingerprint density at radius 3 is 2.78 bits per heavy atom. The Morgan fingerprint density at radius 1 is 1.30 bits per heavy atom. The Balaban J connectivity index is 1.83. The minimum Gasteiger partial charge on any atom is -0.367 e. The molecule has 23 heavy (non-hydrogen) atoms. The zero-order valence-electron chi connectivity index (χ0n) is 13.5. The molecule has 0 radical (unpaired) electrons. The van der Waals surface area contributed by atoms with Crippen molar-refractivity contribution in [3.63, 3.8) is 0 Å². The van der Waals surface area contributed by atoms with Crippen molar-refractivity contribution in [3.05, 3.63) is 36.3 Å². The quantitative estimate of drug-likeness (QED) is 0.936. The molecule has 3 rings (SSSR count). The molecule has 1 unspecified atom stereocenters. The Bertz CT molecular complexity index is 689. The van der Waals surface area contributed by atoms with Crippen molar-refractivity contribution < 1.29 is 4.79 Å². The summed E-state index contributed by atoms with van der Waals surface area (Å²) in [5.74, 6) is 1.65. The van der Waals surface area contributed by atoms with Gasteiger partial charge in [-0.15, -0.1) is 0 Å². The van der Waals surface area contributed by atoms with Crippen LogP contribution < -0.4 is 5.32 Å². The van der Waals surface area contributed by atoms with Crippen molar-refractivity contribution in [2.75, 3.05) is 18.9 Å². The monoisotopic (exact) mass is 311 g/mol. The van der Waals surface area contributed by atoms with E-state index in [4.69, 9.17) is 0 Å². The SMILES string of the molecule is CCc1cc(NC2CCN(C)C(=O)C2)nc(-c2ccncc2)n1. The van der Waals surface area contributed by atoms with Gasteiger partial charge in [0.25, 0.3) is 0 Å². The third kappa shape index (κ3) is 3.64. The van der Waals surface area contributed by atoms with Gasteiger partial charge in [0.2, 0.25) is 5.91 Å². The number of piperidine rings is 1.